The first kappa shape index (κ1) is 18.0. The van der Waals surface area contributed by atoms with E-state index in [2.05, 4.69) is 9.71 Å². The van der Waals surface area contributed by atoms with Crippen LogP contribution >= 0.6 is 22.7 Å². The summed E-state index contributed by atoms with van der Waals surface area (Å²) in [6.07, 6.45) is 1.46. The molecule has 1 aliphatic heterocycles. The lowest BCUT2D eigenvalue weighted by molar-refractivity contribution is 0.0642. The van der Waals surface area contributed by atoms with Crippen molar-refractivity contribution in [3.8, 4) is 0 Å². The van der Waals surface area contributed by atoms with Gasteiger partial charge in [-0.3, -0.25) is 19.5 Å². The van der Waals surface area contributed by atoms with Gasteiger partial charge < -0.3 is 0 Å². The molecular weight excluding hydrogens is 406 g/mol. The zero-order valence-electron chi connectivity index (χ0n) is 13.8. The van der Waals surface area contributed by atoms with E-state index in [-0.39, 0.29) is 28.6 Å². The molecule has 0 aliphatic carbocycles. The molecular formula is C17H13N3O4S3. The van der Waals surface area contributed by atoms with Crippen LogP contribution < -0.4 is 4.72 Å². The zero-order valence-corrected chi connectivity index (χ0v) is 16.2. The number of nitrogens with zero attached hydrogens (tertiary/aromatic N) is 2. The third kappa shape index (κ3) is 3.44. The normalized spacial score (nSPS) is 14.0. The number of thiophene rings is 2. The van der Waals surface area contributed by atoms with Crippen LogP contribution in [0.3, 0.4) is 0 Å². The molecule has 10 heteroatoms. The number of carbonyl (C=O) groups is 2. The maximum absolute atomic E-state index is 12.4. The number of rotatable bonds is 6. The second-order valence-electron chi connectivity index (χ2n) is 5.72. The minimum atomic E-state index is -3.66. The number of carbonyl (C=O) groups excluding carboxylic acids is 2. The summed E-state index contributed by atoms with van der Waals surface area (Å²) in [5.74, 6) is -0.888. The van der Waals surface area contributed by atoms with Gasteiger partial charge in [0.25, 0.3) is 11.8 Å². The molecule has 0 saturated heterocycles. The van der Waals surface area contributed by atoms with E-state index in [1.807, 2.05) is 17.5 Å². The predicted octanol–water partition coefficient (Wildman–Crippen LogP) is 2.48. The van der Waals surface area contributed by atoms with E-state index in [1.54, 1.807) is 18.2 Å². The summed E-state index contributed by atoms with van der Waals surface area (Å²) in [7, 11) is -3.66. The number of imide groups is 1. The fourth-order valence-corrected chi connectivity index (χ4v) is 5.78. The number of nitrogens with one attached hydrogen (secondary N) is 1. The zero-order chi connectivity index (χ0) is 19.0. The van der Waals surface area contributed by atoms with Crippen molar-refractivity contribution in [1.29, 1.82) is 0 Å². The highest BCUT2D eigenvalue weighted by atomic mass is 32.2. The van der Waals surface area contributed by atoms with Gasteiger partial charge in [0.05, 0.1) is 12.1 Å². The van der Waals surface area contributed by atoms with Crippen molar-refractivity contribution in [2.45, 2.75) is 17.3 Å². The van der Waals surface area contributed by atoms with Crippen molar-refractivity contribution in [2.75, 3.05) is 0 Å². The first-order valence-corrected chi connectivity index (χ1v) is 11.1. The predicted molar refractivity (Wildman–Crippen MR) is 101 cm³/mol. The average molecular weight is 420 g/mol. The summed E-state index contributed by atoms with van der Waals surface area (Å²) in [5.41, 5.74) is 0.397. The van der Waals surface area contributed by atoms with Gasteiger partial charge in [-0.05, 0) is 35.7 Å². The molecule has 0 aromatic carbocycles. The SMILES string of the molecule is O=C1c2cccnc2C(=O)N1Cc1ccc(S(=O)(=O)NCc2cccs2)s1. The van der Waals surface area contributed by atoms with Gasteiger partial charge in [-0.1, -0.05) is 6.07 Å². The summed E-state index contributed by atoms with van der Waals surface area (Å²) < 4.78 is 27.6. The lowest BCUT2D eigenvalue weighted by Crippen LogP contribution is -2.28. The fraction of sp³-hybridized carbons (Fsp3) is 0.118. The number of pyridine rings is 1. The third-order valence-corrected chi connectivity index (χ3v) is 7.80. The van der Waals surface area contributed by atoms with E-state index in [4.69, 9.17) is 0 Å². The lowest BCUT2D eigenvalue weighted by Gasteiger charge is -2.11. The van der Waals surface area contributed by atoms with E-state index < -0.39 is 21.8 Å². The van der Waals surface area contributed by atoms with E-state index in [0.29, 0.717) is 4.88 Å². The van der Waals surface area contributed by atoms with E-state index >= 15 is 0 Å². The van der Waals surface area contributed by atoms with Crippen LogP contribution in [0, 0.1) is 0 Å². The smallest absolute Gasteiger partial charge is 0.268 e. The van der Waals surface area contributed by atoms with Gasteiger partial charge in [0.1, 0.15) is 9.90 Å². The van der Waals surface area contributed by atoms with Crippen LogP contribution in [-0.2, 0) is 23.1 Å². The Morgan fingerprint density at radius 3 is 2.63 bits per heavy atom. The van der Waals surface area contributed by atoms with E-state index in [9.17, 15) is 18.0 Å². The molecule has 4 rings (SSSR count). The second-order valence-corrected chi connectivity index (χ2v) is 9.92. The van der Waals surface area contributed by atoms with Crippen molar-refractivity contribution >= 4 is 44.5 Å². The van der Waals surface area contributed by atoms with Gasteiger partial charge >= 0.3 is 0 Å². The summed E-state index contributed by atoms with van der Waals surface area (Å²) >= 11 is 2.50. The van der Waals surface area contributed by atoms with Gasteiger partial charge in [0, 0.05) is 22.5 Å². The standard InChI is InChI=1S/C17H13N3O4S3/c21-16-13-4-1-7-18-15(13)17(22)20(16)10-12-5-6-14(26-12)27(23,24)19-9-11-3-2-8-25-11/h1-8,19H,9-10H2. The Morgan fingerprint density at radius 2 is 1.89 bits per heavy atom. The number of aromatic nitrogens is 1. The molecule has 3 aromatic rings. The van der Waals surface area contributed by atoms with Crippen molar-refractivity contribution in [1.82, 2.24) is 14.6 Å². The quantitative estimate of drug-likeness (QED) is 0.619. The number of sulfonamides is 1. The maximum Gasteiger partial charge on any atom is 0.280 e. The molecule has 2 amide bonds. The topological polar surface area (TPSA) is 96.4 Å². The van der Waals surface area contributed by atoms with Gasteiger partial charge in [0.2, 0.25) is 10.0 Å². The van der Waals surface area contributed by atoms with Crippen LogP contribution in [0.2, 0.25) is 0 Å². The van der Waals surface area contributed by atoms with Gasteiger partial charge in [-0.25, -0.2) is 13.1 Å². The summed E-state index contributed by atoms with van der Waals surface area (Å²) in [4.78, 5) is 31.3. The van der Waals surface area contributed by atoms with Crippen molar-refractivity contribution in [3.63, 3.8) is 0 Å². The number of fused-ring (bicyclic) bond motifs is 1. The largest absolute Gasteiger partial charge is 0.280 e. The van der Waals surface area contributed by atoms with E-state index in [0.717, 1.165) is 21.1 Å². The molecule has 0 spiro atoms. The molecule has 3 aromatic heterocycles. The minimum Gasteiger partial charge on any atom is -0.268 e. The van der Waals surface area contributed by atoms with Gasteiger partial charge in [-0.15, -0.1) is 22.7 Å². The summed E-state index contributed by atoms with van der Waals surface area (Å²) in [6.45, 7) is 0.233. The van der Waals surface area contributed by atoms with E-state index in [1.165, 1.54) is 23.6 Å². The highest BCUT2D eigenvalue weighted by molar-refractivity contribution is 7.91. The molecule has 0 saturated carbocycles. The highest BCUT2D eigenvalue weighted by Gasteiger charge is 2.36. The molecule has 138 valence electrons. The highest BCUT2D eigenvalue weighted by Crippen LogP contribution is 2.27. The Kier molecular flexibility index (Phi) is 4.64. The Morgan fingerprint density at radius 1 is 1.04 bits per heavy atom. The maximum atomic E-state index is 12.4. The first-order chi connectivity index (χ1) is 13.0. The Hall–Kier alpha value is -2.40. The second kappa shape index (κ2) is 6.97. The molecule has 7 nitrogen and oxygen atoms in total. The molecule has 0 unspecified atom stereocenters. The number of hydrogen-bond acceptors (Lipinski definition) is 7. The number of amides is 2. The van der Waals surface area contributed by atoms with Gasteiger partial charge in [0.15, 0.2) is 0 Å². The van der Waals surface area contributed by atoms with Crippen LogP contribution in [0.4, 0.5) is 0 Å². The monoisotopic (exact) mass is 419 g/mol. The van der Waals surface area contributed by atoms with Crippen LogP contribution in [0.25, 0.3) is 0 Å². The first-order valence-electron chi connectivity index (χ1n) is 7.88. The van der Waals surface area contributed by atoms with Gasteiger partial charge in [-0.2, -0.15) is 0 Å². The summed E-state index contributed by atoms with van der Waals surface area (Å²) in [5, 5.41) is 1.88. The number of hydrogen-bond donors (Lipinski definition) is 1. The Balaban J connectivity index is 1.49. The Bertz CT molecular complexity index is 1090. The molecule has 0 radical (unpaired) electrons. The molecule has 4 heterocycles. The molecule has 27 heavy (non-hydrogen) atoms. The van der Waals surface area contributed by atoms with Crippen LogP contribution in [0.15, 0.2) is 52.2 Å². The minimum absolute atomic E-state index is 0.0130. The van der Waals surface area contributed by atoms with Crippen molar-refractivity contribution < 1.29 is 18.0 Å². The average Bonchev–Trinajstić information content (AvgIpc) is 3.39. The molecule has 1 aliphatic rings. The fourth-order valence-electron chi connectivity index (χ4n) is 2.65. The molecule has 0 bridgehead atoms. The van der Waals surface area contributed by atoms with Crippen molar-refractivity contribution in [2.24, 2.45) is 0 Å². The van der Waals surface area contributed by atoms with Crippen LogP contribution in [-0.4, -0.2) is 30.1 Å². The molecule has 0 fully saturated rings. The molecule has 0 atom stereocenters. The Labute approximate surface area is 163 Å². The van der Waals surface area contributed by atoms with Crippen LogP contribution in [0.5, 0.6) is 0 Å². The lowest BCUT2D eigenvalue weighted by atomic mass is 10.2. The summed E-state index contributed by atoms with van der Waals surface area (Å²) in [6, 6.07) is 9.95. The third-order valence-electron chi connectivity index (χ3n) is 3.96. The van der Waals surface area contributed by atoms with Crippen molar-refractivity contribution in [3.05, 3.63) is 69.0 Å². The van der Waals surface area contributed by atoms with Crippen LogP contribution in [0.1, 0.15) is 30.6 Å². The molecule has 1 N–H and O–H groups in total.